The predicted molar refractivity (Wildman–Crippen MR) is 133 cm³/mol. The third kappa shape index (κ3) is 3.88. The highest BCUT2D eigenvalue weighted by Gasteiger charge is 2.50. The molecule has 2 aliphatic carbocycles. The van der Waals surface area contributed by atoms with E-state index in [9.17, 15) is 5.26 Å². The van der Waals surface area contributed by atoms with Crippen LogP contribution in [-0.4, -0.2) is 22.1 Å². The molecular formula is C28H37N5. The summed E-state index contributed by atoms with van der Waals surface area (Å²) in [5.41, 5.74) is 11.7. The molecule has 1 saturated carbocycles. The monoisotopic (exact) mass is 443 g/mol. The second kappa shape index (κ2) is 8.31. The Kier molecular flexibility index (Phi) is 5.59. The minimum atomic E-state index is 0.257. The van der Waals surface area contributed by atoms with Crippen LogP contribution in [0, 0.1) is 16.7 Å². The van der Waals surface area contributed by atoms with E-state index in [-0.39, 0.29) is 5.41 Å². The number of hydrogen-bond donors (Lipinski definition) is 1. The van der Waals surface area contributed by atoms with Gasteiger partial charge in [-0.2, -0.15) is 5.26 Å². The van der Waals surface area contributed by atoms with Crippen molar-refractivity contribution >= 4 is 11.5 Å². The molecule has 5 nitrogen and oxygen atoms in total. The topological polar surface area (TPSA) is 78.8 Å². The molecule has 1 spiro atoms. The van der Waals surface area contributed by atoms with Gasteiger partial charge in [0.15, 0.2) is 0 Å². The van der Waals surface area contributed by atoms with E-state index in [0.717, 1.165) is 44.5 Å². The van der Waals surface area contributed by atoms with Crippen LogP contribution >= 0.6 is 0 Å². The average molecular weight is 444 g/mol. The van der Waals surface area contributed by atoms with Crippen molar-refractivity contribution in [1.82, 2.24) is 9.97 Å². The summed E-state index contributed by atoms with van der Waals surface area (Å²) in [4.78, 5) is 12.8. The first-order valence-electron chi connectivity index (χ1n) is 12.8. The summed E-state index contributed by atoms with van der Waals surface area (Å²) in [6, 6.07) is 8.14. The molecule has 1 aromatic heterocycles. The molecule has 2 unspecified atom stereocenters. The summed E-state index contributed by atoms with van der Waals surface area (Å²) in [5.74, 6) is 2.68. The summed E-state index contributed by atoms with van der Waals surface area (Å²) in [5, 5.41) is 9.32. The van der Waals surface area contributed by atoms with E-state index in [0.29, 0.717) is 22.7 Å². The zero-order valence-electron chi connectivity index (χ0n) is 20.5. The quantitative estimate of drug-likeness (QED) is 0.579. The third-order valence-corrected chi connectivity index (χ3v) is 8.87. The summed E-state index contributed by atoms with van der Waals surface area (Å²) < 4.78 is 0. The van der Waals surface area contributed by atoms with Gasteiger partial charge in [0.2, 0.25) is 0 Å². The molecule has 1 saturated heterocycles. The number of rotatable bonds is 6. The van der Waals surface area contributed by atoms with Crippen molar-refractivity contribution in [2.45, 2.75) is 96.4 Å². The molecular weight excluding hydrogens is 406 g/mol. The second-order valence-corrected chi connectivity index (χ2v) is 11.1. The highest BCUT2D eigenvalue weighted by molar-refractivity contribution is 5.57. The molecule has 2 fully saturated rings. The van der Waals surface area contributed by atoms with E-state index >= 15 is 0 Å². The largest absolute Gasteiger partial charge is 0.398 e. The first-order valence-corrected chi connectivity index (χ1v) is 12.8. The predicted octanol–water partition coefficient (Wildman–Crippen LogP) is 5.70. The van der Waals surface area contributed by atoms with Crippen molar-refractivity contribution in [3.05, 3.63) is 46.4 Å². The van der Waals surface area contributed by atoms with E-state index in [4.69, 9.17) is 15.7 Å². The Morgan fingerprint density at radius 1 is 1.21 bits per heavy atom. The lowest BCUT2D eigenvalue weighted by molar-refractivity contribution is 0.149. The Hall–Kier alpha value is -2.61. The number of hydrogen-bond acceptors (Lipinski definition) is 5. The van der Waals surface area contributed by atoms with Crippen molar-refractivity contribution in [2.24, 2.45) is 5.41 Å². The van der Waals surface area contributed by atoms with Crippen LogP contribution in [0.5, 0.6) is 0 Å². The number of anilines is 2. The van der Waals surface area contributed by atoms with Crippen LogP contribution in [0.15, 0.2) is 18.2 Å². The average Bonchev–Trinajstić information content (AvgIpc) is 2.75. The zero-order valence-corrected chi connectivity index (χ0v) is 20.5. The van der Waals surface area contributed by atoms with Crippen LogP contribution in [0.2, 0.25) is 0 Å². The van der Waals surface area contributed by atoms with Gasteiger partial charge < -0.3 is 10.6 Å². The molecule has 0 bridgehead atoms. The number of benzene rings is 1. The van der Waals surface area contributed by atoms with Gasteiger partial charge in [-0.1, -0.05) is 26.8 Å². The van der Waals surface area contributed by atoms with E-state index in [1.165, 1.54) is 54.7 Å². The number of aryl methyl sites for hydroxylation is 1. The molecule has 5 heteroatoms. The van der Waals surface area contributed by atoms with Crippen LogP contribution in [0.4, 0.5) is 11.5 Å². The van der Waals surface area contributed by atoms with E-state index in [2.05, 4.69) is 37.8 Å². The van der Waals surface area contributed by atoms with E-state index in [1.54, 1.807) is 0 Å². The normalized spacial score (nSPS) is 23.9. The summed E-state index contributed by atoms with van der Waals surface area (Å²) in [7, 11) is 0. The maximum atomic E-state index is 9.32. The van der Waals surface area contributed by atoms with Gasteiger partial charge in [0.05, 0.1) is 5.56 Å². The minimum Gasteiger partial charge on any atom is -0.398 e. The van der Waals surface area contributed by atoms with E-state index < -0.39 is 0 Å². The standard InChI is InChI=1S/C28H37N5/c1-4-25-31-24-17-27(3,12-8-19(2)20-6-7-23(30)21(16-20)18-29)13-9-22(24)26(32-25)33-15-14-28(33)10-5-11-28/h6-7,16,19H,4-5,8-15,17,30H2,1-3H3. The van der Waals surface area contributed by atoms with E-state index in [1.807, 2.05) is 12.1 Å². The second-order valence-electron chi connectivity index (χ2n) is 11.1. The Bertz CT molecular complexity index is 1090. The molecule has 2 N–H and O–H groups in total. The fourth-order valence-corrected chi connectivity index (χ4v) is 6.17. The molecule has 33 heavy (non-hydrogen) atoms. The lowest BCUT2D eigenvalue weighted by atomic mass is 9.67. The smallest absolute Gasteiger partial charge is 0.136 e. The van der Waals surface area contributed by atoms with Gasteiger partial charge in [-0.15, -0.1) is 0 Å². The maximum absolute atomic E-state index is 9.32. The summed E-state index contributed by atoms with van der Waals surface area (Å²) in [6.07, 6.45) is 11.9. The lowest BCUT2D eigenvalue weighted by Gasteiger charge is -2.60. The number of nitrogens with two attached hydrogens (primary N) is 1. The maximum Gasteiger partial charge on any atom is 0.136 e. The van der Waals surface area contributed by atoms with Crippen molar-refractivity contribution < 1.29 is 0 Å². The first-order chi connectivity index (χ1) is 15.9. The summed E-state index contributed by atoms with van der Waals surface area (Å²) >= 11 is 0. The molecule has 2 atom stereocenters. The van der Waals surface area contributed by atoms with Crippen molar-refractivity contribution in [3.8, 4) is 6.07 Å². The van der Waals surface area contributed by atoms with Crippen LogP contribution in [-0.2, 0) is 19.3 Å². The van der Waals surface area contributed by atoms with Gasteiger partial charge in [0, 0.05) is 35.4 Å². The summed E-state index contributed by atoms with van der Waals surface area (Å²) in [6.45, 7) is 8.04. The fraction of sp³-hybridized carbons (Fsp3) is 0.607. The lowest BCUT2D eigenvalue weighted by Crippen LogP contribution is -2.64. The zero-order chi connectivity index (χ0) is 23.2. The highest BCUT2D eigenvalue weighted by atomic mass is 15.3. The van der Waals surface area contributed by atoms with Crippen LogP contribution in [0.25, 0.3) is 0 Å². The van der Waals surface area contributed by atoms with Gasteiger partial charge in [0.25, 0.3) is 0 Å². The van der Waals surface area contributed by atoms with Gasteiger partial charge in [-0.05, 0) is 86.8 Å². The highest BCUT2D eigenvalue weighted by Crippen LogP contribution is 2.51. The van der Waals surface area contributed by atoms with Crippen LogP contribution in [0.3, 0.4) is 0 Å². The van der Waals surface area contributed by atoms with Crippen molar-refractivity contribution in [1.29, 1.82) is 5.26 Å². The molecule has 1 aliphatic heterocycles. The van der Waals surface area contributed by atoms with Crippen molar-refractivity contribution in [2.75, 3.05) is 17.2 Å². The number of nitrogen functional groups attached to an aromatic ring is 1. The SMILES string of the molecule is CCc1nc2c(c(N3CCC34CCC4)n1)CCC(C)(CCC(C)c1ccc(N)c(C#N)c1)C2. The molecule has 3 aliphatic rings. The van der Waals surface area contributed by atoms with Gasteiger partial charge in [0.1, 0.15) is 17.7 Å². The Morgan fingerprint density at radius 2 is 2.03 bits per heavy atom. The molecule has 0 amide bonds. The van der Waals surface area contributed by atoms with Crippen molar-refractivity contribution in [3.63, 3.8) is 0 Å². The minimum absolute atomic E-state index is 0.257. The molecule has 174 valence electrons. The number of nitriles is 1. The molecule has 5 rings (SSSR count). The molecule has 1 aromatic carbocycles. The number of fused-ring (bicyclic) bond motifs is 1. The van der Waals surface area contributed by atoms with Crippen LogP contribution in [0.1, 0.15) is 99.8 Å². The Labute approximate surface area is 198 Å². The van der Waals surface area contributed by atoms with Gasteiger partial charge in [-0.3, -0.25) is 0 Å². The first kappa shape index (κ1) is 22.2. The number of aromatic nitrogens is 2. The number of nitrogens with zero attached hydrogens (tertiary/aromatic N) is 4. The molecule has 2 heterocycles. The van der Waals surface area contributed by atoms with Gasteiger partial charge >= 0.3 is 0 Å². The molecule has 0 radical (unpaired) electrons. The fourth-order valence-electron chi connectivity index (χ4n) is 6.17. The third-order valence-electron chi connectivity index (χ3n) is 8.87. The van der Waals surface area contributed by atoms with Crippen LogP contribution < -0.4 is 10.6 Å². The molecule has 2 aromatic rings. The van der Waals surface area contributed by atoms with Gasteiger partial charge in [-0.25, -0.2) is 9.97 Å². The Morgan fingerprint density at radius 3 is 2.67 bits per heavy atom. The Balaban J connectivity index is 1.33.